The average Bonchev–Trinajstić information content (AvgIpc) is 3.01. The number of unbranched alkanes of at least 4 members (excludes halogenated alkanes) is 18. The Morgan fingerprint density at radius 3 is 1.59 bits per heavy atom. The number of carbonyl (C=O) groups excluding carboxylic acids is 2. The van der Waals surface area contributed by atoms with Gasteiger partial charge in [0.05, 0.1) is 19.6 Å². The maximum absolute atomic E-state index is 12.4. The highest BCUT2D eigenvalue weighted by atomic mass is 16.6. The Balaban J connectivity index is 2.26. The van der Waals surface area contributed by atoms with Gasteiger partial charge in [0.25, 0.3) is 0 Å². The number of hydrogen-bond donors (Lipinski definition) is 1. The van der Waals surface area contributed by atoms with E-state index in [2.05, 4.69) is 13.8 Å². The highest BCUT2D eigenvalue weighted by Gasteiger charge is 2.26. The molecule has 0 aliphatic rings. The first-order valence-corrected chi connectivity index (χ1v) is 17.5. The van der Waals surface area contributed by atoms with Gasteiger partial charge in [0.2, 0.25) is 6.10 Å². The van der Waals surface area contributed by atoms with Crippen LogP contribution in [-0.2, 0) is 23.9 Å². The topological polar surface area (TPSA) is 99.1 Å². The van der Waals surface area contributed by atoms with Gasteiger partial charge in [-0.3, -0.25) is 4.79 Å². The molecule has 0 spiro atoms. The first kappa shape index (κ1) is 39.2. The number of carboxylic acids is 1. The summed E-state index contributed by atoms with van der Waals surface area (Å²) >= 11 is 0. The third kappa shape index (κ3) is 22.7. The van der Waals surface area contributed by atoms with E-state index in [9.17, 15) is 14.4 Å². The Kier molecular flexibility index (Phi) is 24.7. The third-order valence-corrected chi connectivity index (χ3v) is 7.68. The molecule has 0 aliphatic heterocycles. The number of carbonyl (C=O) groups is 3. The minimum atomic E-state index is -1.48. The van der Waals surface area contributed by atoms with Gasteiger partial charge in [-0.25, -0.2) is 9.59 Å². The minimum absolute atomic E-state index is 0.187. The van der Waals surface area contributed by atoms with Gasteiger partial charge in [0.1, 0.15) is 5.75 Å². The number of esters is 2. The number of benzene rings is 1. The summed E-state index contributed by atoms with van der Waals surface area (Å²) < 4.78 is 16.2. The van der Waals surface area contributed by atoms with E-state index < -0.39 is 30.4 Å². The van der Waals surface area contributed by atoms with Crippen LogP contribution in [0.1, 0.15) is 154 Å². The van der Waals surface area contributed by atoms with Crippen LogP contribution in [0.3, 0.4) is 0 Å². The molecule has 0 bridgehead atoms. The summed E-state index contributed by atoms with van der Waals surface area (Å²) in [6, 6.07) is 7.35. The van der Waals surface area contributed by atoms with Crippen molar-refractivity contribution in [3.63, 3.8) is 0 Å². The highest BCUT2D eigenvalue weighted by molar-refractivity contribution is 5.90. The lowest BCUT2D eigenvalue weighted by atomic mass is 10.1. The van der Waals surface area contributed by atoms with Crippen LogP contribution < -0.4 is 4.74 Å². The zero-order chi connectivity index (χ0) is 32.1. The molecule has 0 saturated heterocycles. The normalized spacial score (nSPS) is 11.9. The fraction of sp³-hybridized carbons (Fsp3) is 0.703. The quantitative estimate of drug-likeness (QED) is 0.0543. The molecule has 0 radical (unpaired) electrons. The number of hydrogen-bond acceptors (Lipinski definition) is 6. The monoisotopic (exact) mass is 616 g/mol. The molecule has 1 aromatic rings. The number of aliphatic carboxylic acids is 1. The second-order valence-corrected chi connectivity index (χ2v) is 11.8. The van der Waals surface area contributed by atoms with Gasteiger partial charge in [-0.15, -0.1) is 0 Å². The van der Waals surface area contributed by atoms with Crippen molar-refractivity contribution in [3.8, 4) is 5.75 Å². The summed E-state index contributed by atoms with van der Waals surface area (Å²) in [4.78, 5) is 36.0. The average molecular weight is 617 g/mol. The summed E-state index contributed by atoms with van der Waals surface area (Å²) in [7, 11) is 0. The van der Waals surface area contributed by atoms with E-state index in [0.717, 1.165) is 30.6 Å². The maximum atomic E-state index is 12.4. The van der Waals surface area contributed by atoms with Gasteiger partial charge >= 0.3 is 17.9 Å². The van der Waals surface area contributed by atoms with Crippen molar-refractivity contribution in [1.29, 1.82) is 0 Å². The number of ether oxygens (including phenoxy) is 3. The van der Waals surface area contributed by atoms with Crippen LogP contribution in [0.5, 0.6) is 5.75 Å². The van der Waals surface area contributed by atoms with Crippen molar-refractivity contribution < 1.29 is 33.7 Å². The van der Waals surface area contributed by atoms with Gasteiger partial charge in [-0.05, 0) is 36.6 Å². The molecule has 7 nitrogen and oxygen atoms in total. The van der Waals surface area contributed by atoms with Crippen LogP contribution in [0.25, 0.3) is 6.08 Å². The lowest BCUT2D eigenvalue weighted by molar-refractivity contribution is -0.168. The molecule has 44 heavy (non-hydrogen) atoms. The standard InChI is InChI=1S/C37H60O7/c1-3-5-7-9-11-13-15-17-19-21-29-42-33-26-23-32(24-27-33)25-28-36(40)44-34(31-35(38)39)37(41)43-30-22-20-18-16-14-12-10-8-6-4-2/h23-28,34H,3-22,29-31H2,1-2H3,(H,38,39)/b28-25+. The second-order valence-electron chi connectivity index (χ2n) is 11.8. The van der Waals surface area contributed by atoms with Crippen molar-refractivity contribution >= 4 is 24.0 Å². The van der Waals surface area contributed by atoms with Crippen molar-refractivity contribution in [2.75, 3.05) is 13.2 Å². The molecule has 250 valence electrons. The highest BCUT2D eigenvalue weighted by Crippen LogP contribution is 2.16. The lowest BCUT2D eigenvalue weighted by Crippen LogP contribution is -2.31. The molecule has 1 N–H and O–H groups in total. The van der Waals surface area contributed by atoms with Crippen LogP contribution in [0.4, 0.5) is 0 Å². The lowest BCUT2D eigenvalue weighted by Gasteiger charge is -2.14. The summed E-state index contributed by atoms with van der Waals surface area (Å²) in [5, 5.41) is 9.17. The first-order valence-electron chi connectivity index (χ1n) is 17.5. The van der Waals surface area contributed by atoms with Crippen LogP contribution in [-0.4, -0.2) is 42.3 Å². The fourth-order valence-electron chi connectivity index (χ4n) is 4.99. The molecule has 1 aromatic carbocycles. The van der Waals surface area contributed by atoms with E-state index in [1.165, 1.54) is 109 Å². The Hall–Kier alpha value is -2.83. The second kappa shape index (κ2) is 27.7. The molecule has 0 fully saturated rings. The minimum Gasteiger partial charge on any atom is -0.494 e. The SMILES string of the molecule is CCCCCCCCCCCCOC(=O)C(CC(=O)O)OC(=O)/C=C/c1ccc(OCCCCCCCCCCCC)cc1. The fourth-order valence-corrected chi connectivity index (χ4v) is 4.99. The van der Waals surface area contributed by atoms with Gasteiger partial charge in [0.15, 0.2) is 0 Å². The van der Waals surface area contributed by atoms with E-state index >= 15 is 0 Å². The summed E-state index contributed by atoms with van der Waals surface area (Å²) in [5.74, 6) is -2.09. The van der Waals surface area contributed by atoms with Crippen LogP contribution in [0.15, 0.2) is 30.3 Å². The van der Waals surface area contributed by atoms with Crippen LogP contribution in [0, 0.1) is 0 Å². The maximum Gasteiger partial charge on any atom is 0.348 e. The summed E-state index contributed by atoms with van der Waals surface area (Å²) in [6.45, 7) is 5.33. The number of carboxylic acid groups (broad SMARTS) is 1. The van der Waals surface area contributed by atoms with E-state index in [4.69, 9.17) is 19.3 Å². The molecule has 0 saturated carbocycles. The molecule has 1 atom stereocenters. The predicted molar refractivity (Wildman–Crippen MR) is 178 cm³/mol. The summed E-state index contributed by atoms with van der Waals surface area (Å²) in [6.07, 6.45) is 25.0. The van der Waals surface area contributed by atoms with Gasteiger partial charge in [0, 0.05) is 6.08 Å². The van der Waals surface area contributed by atoms with Crippen LogP contribution >= 0.6 is 0 Å². The van der Waals surface area contributed by atoms with E-state index in [-0.39, 0.29) is 6.61 Å². The first-order chi connectivity index (χ1) is 21.5. The number of rotatable bonds is 29. The zero-order valence-corrected chi connectivity index (χ0v) is 27.7. The predicted octanol–water partition coefficient (Wildman–Crippen LogP) is 9.85. The van der Waals surface area contributed by atoms with E-state index in [1.807, 2.05) is 24.3 Å². The smallest absolute Gasteiger partial charge is 0.348 e. The van der Waals surface area contributed by atoms with Crippen molar-refractivity contribution in [2.45, 2.75) is 155 Å². The van der Waals surface area contributed by atoms with E-state index in [0.29, 0.717) is 13.0 Å². The van der Waals surface area contributed by atoms with Gasteiger partial charge < -0.3 is 19.3 Å². The van der Waals surface area contributed by atoms with Crippen LogP contribution in [0.2, 0.25) is 0 Å². The molecular weight excluding hydrogens is 556 g/mol. The molecule has 0 amide bonds. The third-order valence-electron chi connectivity index (χ3n) is 7.68. The molecule has 1 unspecified atom stereocenters. The molecule has 0 heterocycles. The molecule has 0 aromatic heterocycles. The Labute approximate surface area is 267 Å². The largest absolute Gasteiger partial charge is 0.494 e. The molecule has 1 rings (SSSR count). The van der Waals surface area contributed by atoms with Gasteiger partial charge in [-0.2, -0.15) is 0 Å². The van der Waals surface area contributed by atoms with Crippen molar-refractivity contribution in [2.24, 2.45) is 0 Å². The summed E-state index contributed by atoms with van der Waals surface area (Å²) in [5.41, 5.74) is 0.756. The zero-order valence-electron chi connectivity index (χ0n) is 27.7. The van der Waals surface area contributed by atoms with Gasteiger partial charge in [-0.1, -0.05) is 142 Å². The molecule has 0 aliphatic carbocycles. The Morgan fingerprint density at radius 1 is 0.659 bits per heavy atom. The molecular formula is C37H60O7. The molecule has 7 heteroatoms. The Morgan fingerprint density at radius 2 is 1.11 bits per heavy atom. The van der Waals surface area contributed by atoms with Crippen molar-refractivity contribution in [3.05, 3.63) is 35.9 Å². The Bertz CT molecular complexity index is 894. The van der Waals surface area contributed by atoms with Crippen molar-refractivity contribution in [1.82, 2.24) is 0 Å². The van der Waals surface area contributed by atoms with E-state index in [1.54, 1.807) is 6.08 Å².